The number of carbonyl (C=O) groups is 2. The van der Waals surface area contributed by atoms with Gasteiger partial charge in [-0.25, -0.2) is 9.78 Å². The number of aromatic nitrogens is 1. The molecule has 0 radical (unpaired) electrons. The van der Waals surface area contributed by atoms with Crippen molar-refractivity contribution in [1.29, 1.82) is 0 Å². The van der Waals surface area contributed by atoms with E-state index in [0.29, 0.717) is 71.2 Å². The number of nitrogens with one attached hydrogen (secondary N) is 1. The van der Waals surface area contributed by atoms with E-state index >= 15 is 0 Å². The molecule has 2 N–H and O–H groups in total. The predicted molar refractivity (Wildman–Crippen MR) is 160 cm³/mol. The van der Waals surface area contributed by atoms with Crippen molar-refractivity contribution in [3.05, 3.63) is 69.6 Å². The number of pyridine rings is 1. The van der Waals surface area contributed by atoms with Crippen LogP contribution in [0.1, 0.15) is 68.1 Å². The smallest absolute Gasteiger partial charge is 0.336 e. The van der Waals surface area contributed by atoms with Crippen molar-refractivity contribution >= 4 is 33.6 Å². The number of amides is 1. The van der Waals surface area contributed by atoms with Crippen molar-refractivity contribution in [2.75, 3.05) is 19.5 Å². The lowest BCUT2D eigenvalue weighted by molar-refractivity contribution is -0.141. The summed E-state index contributed by atoms with van der Waals surface area (Å²) in [6.45, 7) is 2.27. The van der Waals surface area contributed by atoms with Gasteiger partial charge in [-0.2, -0.15) is 8.42 Å². The standard InChI is InChI=1S/C31H35ClN2O8S/c1-20-28(29(22-12-13-27(32)33-18-22)25(30(35)34-20)17-24-9-7-14-41-24)31(36)42-19-23-11-10-21(16-26(23)40-2)8-5-3-4-6-15-43(37,38)39/h10-13,16,18,24-25,29H,3-4,6-7,9,14-15,17,19H2,1-2H3,(H,34,35)(H,37,38,39)/t24-,25?,29-/m1/s1. The molecule has 0 bridgehead atoms. The number of nitrogens with zero attached hydrogens (tertiary/aromatic N) is 1. The Kier molecular flexibility index (Phi) is 11.2. The van der Waals surface area contributed by atoms with Crippen LogP contribution in [0.15, 0.2) is 47.8 Å². The zero-order chi connectivity index (χ0) is 31.0. The van der Waals surface area contributed by atoms with E-state index in [1.54, 1.807) is 43.5 Å². The molecule has 1 fully saturated rings. The summed E-state index contributed by atoms with van der Waals surface area (Å²) >= 11 is 6.04. The van der Waals surface area contributed by atoms with E-state index < -0.39 is 27.9 Å². The summed E-state index contributed by atoms with van der Waals surface area (Å²) in [5, 5.41) is 3.18. The van der Waals surface area contributed by atoms with Crippen molar-refractivity contribution in [2.45, 2.75) is 64.1 Å². The van der Waals surface area contributed by atoms with E-state index in [0.717, 1.165) is 12.8 Å². The highest BCUT2D eigenvalue weighted by molar-refractivity contribution is 7.85. The molecule has 1 aromatic carbocycles. The zero-order valence-electron chi connectivity index (χ0n) is 24.1. The van der Waals surface area contributed by atoms with Crippen molar-refractivity contribution < 1.29 is 36.8 Å². The highest BCUT2D eigenvalue weighted by atomic mass is 35.5. The summed E-state index contributed by atoms with van der Waals surface area (Å²) < 4.78 is 47.6. The first-order chi connectivity index (χ1) is 20.6. The van der Waals surface area contributed by atoms with Gasteiger partial charge >= 0.3 is 5.97 Å². The third-order valence-corrected chi connectivity index (χ3v) is 8.50. The lowest BCUT2D eigenvalue weighted by Gasteiger charge is -2.34. The Hall–Kier alpha value is -3.43. The Bertz CT molecular complexity index is 1520. The van der Waals surface area contributed by atoms with E-state index in [1.165, 1.54) is 7.11 Å². The number of esters is 1. The molecule has 1 amide bonds. The molecule has 0 spiro atoms. The second-order valence-corrected chi connectivity index (χ2v) is 12.5. The highest BCUT2D eigenvalue weighted by Gasteiger charge is 2.42. The molecule has 4 rings (SSSR count). The molecule has 3 atom stereocenters. The first kappa shape index (κ1) is 32.5. The van der Waals surface area contributed by atoms with Crippen LogP contribution < -0.4 is 10.1 Å². The fourth-order valence-electron chi connectivity index (χ4n) is 5.36. The number of rotatable bonds is 11. The minimum atomic E-state index is -3.96. The van der Waals surface area contributed by atoms with Gasteiger partial charge in [-0.3, -0.25) is 9.35 Å². The van der Waals surface area contributed by atoms with Crippen LogP contribution >= 0.6 is 11.6 Å². The molecular weight excluding hydrogens is 596 g/mol. The molecule has 43 heavy (non-hydrogen) atoms. The monoisotopic (exact) mass is 630 g/mol. The lowest BCUT2D eigenvalue weighted by Crippen LogP contribution is -2.43. The van der Waals surface area contributed by atoms with Crippen LogP contribution in [0.3, 0.4) is 0 Å². The van der Waals surface area contributed by atoms with Gasteiger partial charge in [0, 0.05) is 42.0 Å². The molecule has 3 heterocycles. The van der Waals surface area contributed by atoms with Crippen LogP contribution in [0.5, 0.6) is 5.75 Å². The van der Waals surface area contributed by atoms with Crippen LogP contribution in [0.25, 0.3) is 0 Å². The van der Waals surface area contributed by atoms with Crippen LogP contribution in [-0.4, -0.2) is 55.4 Å². The third kappa shape index (κ3) is 9.03. The Labute approximate surface area is 256 Å². The summed E-state index contributed by atoms with van der Waals surface area (Å²) in [6, 6.07) is 8.69. The zero-order valence-corrected chi connectivity index (χ0v) is 25.7. The summed E-state index contributed by atoms with van der Waals surface area (Å²) in [4.78, 5) is 31.1. The van der Waals surface area contributed by atoms with Gasteiger partial charge in [-0.15, -0.1) is 0 Å². The number of allylic oxidation sites excluding steroid dienone is 1. The first-order valence-electron chi connectivity index (χ1n) is 14.1. The van der Waals surface area contributed by atoms with Crippen LogP contribution in [-0.2, 0) is 35.8 Å². The normalized spacial score (nSPS) is 20.3. The van der Waals surface area contributed by atoms with E-state index in [-0.39, 0.29) is 24.4 Å². The van der Waals surface area contributed by atoms with Crippen LogP contribution in [0, 0.1) is 17.8 Å². The Morgan fingerprint density at radius 3 is 2.74 bits per heavy atom. The summed E-state index contributed by atoms with van der Waals surface area (Å²) in [5.41, 5.74) is 2.78. The molecule has 2 aliphatic rings. The number of hydrogen-bond acceptors (Lipinski definition) is 8. The number of ether oxygens (including phenoxy) is 3. The van der Waals surface area contributed by atoms with Gasteiger partial charge in [0.15, 0.2) is 0 Å². The number of benzene rings is 1. The maximum absolute atomic E-state index is 13.7. The van der Waals surface area contributed by atoms with Gasteiger partial charge < -0.3 is 19.5 Å². The largest absolute Gasteiger partial charge is 0.496 e. The van der Waals surface area contributed by atoms with Crippen molar-refractivity contribution in [1.82, 2.24) is 10.3 Å². The van der Waals surface area contributed by atoms with E-state index in [1.807, 2.05) is 0 Å². The maximum Gasteiger partial charge on any atom is 0.336 e. The molecule has 1 aromatic heterocycles. The Morgan fingerprint density at radius 2 is 2.07 bits per heavy atom. The predicted octanol–water partition coefficient (Wildman–Crippen LogP) is 4.57. The van der Waals surface area contributed by atoms with Gasteiger partial charge in [0.1, 0.15) is 17.5 Å². The second-order valence-electron chi connectivity index (χ2n) is 10.5. The molecule has 0 saturated carbocycles. The quantitative estimate of drug-likeness (QED) is 0.120. The first-order valence-corrected chi connectivity index (χ1v) is 16.1. The Balaban J connectivity index is 1.49. The molecule has 1 unspecified atom stereocenters. The highest BCUT2D eigenvalue weighted by Crippen LogP contribution is 2.41. The molecule has 12 heteroatoms. The summed E-state index contributed by atoms with van der Waals surface area (Å²) in [6.07, 6.45) is 5.09. The van der Waals surface area contributed by atoms with Gasteiger partial charge in [0.05, 0.1) is 30.5 Å². The number of unbranched alkanes of at least 4 members (excludes halogenated alkanes) is 2. The van der Waals surface area contributed by atoms with E-state index in [9.17, 15) is 18.0 Å². The van der Waals surface area contributed by atoms with Crippen LogP contribution in [0.4, 0.5) is 0 Å². The van der Waals surface area contributed by atoms with Gasteiger partial charge in [-0.1, -0.05) is 35.6 Å². The fraction of sp³-hybridized carbons (Fsp3) is 0.452. The number of methoxy groups -OCH3 is 1. The van der Waals surface area contributed by atoms with Crippen molar-refractivity contribution in [3.8, 4) is 17.6 Å². The number of halogens is 1. The van der Waals surface area contributed by atoms with Gasteiger partial charge in [-0.05, 0) is 62.8 Å². The average Bonchev–Trinajstić information content (AvgIpc) is 3.48. The molecular formula is C31H35ClN2O8S. The number of carbonyl (C=O) groups excluding carboxylic acids is 2. The van der Waals surface area contributed by atoms with E-state index in [4.69, 9.17) is 30.4 Å². The fourth-order valence-corrected chi connectivity index (χ4v) is 6.04. The Morgan fingerprint density at radius 1 is 1.26 bits per heavy atom. The molecule has 0 aliphatic carbocycles. The summed E-state index contributed by atoms with van der Waals surface area (Å²) in [7, 11) is -2.45. The SMILES string of the molecule is COc1cc(C#CCCCCS(=O)(=O)O)ccc1COC(=O)C1=C(C)NC(=O)C(C[C@H]2CCCO2)[C@H]1c1ccc(Cl)nc1. The molecule has 2 aromatic rings. The van der Waals surface area contributed by atoms with Crippen molar-refractivity contribution in [2.24, 2.45) is 5.92 Å². The molecule has 10 nitrogen and oxygen atoms in total. The lowest BCUT2D eigenvalue weighted by atomic mass is 9.74. The summed E-state index contributed by atoms with van der Waals surface area (Å²) in [5.74, 6) is 4.31. The minimum absolute atomic E-state index is 0.0714. The average molecular weight is 631 g/mol. The third-order valence-electron chi connectivity index (χ3n) is 7.47. The van der Waals surface area contributed by atoms with Crippen molar-refractivity contribution in [3.63, 3.8) is 0 Å². The maximum atomic E-state index is 13.7. The number of hydrogen-bond donors (Lipinski definition) is 2. The minimum Gasteiger partial charge on any atom is -0.496 e. The second kappa shape index (κ2) is 14.8. The molecule has 2 aliphatic heterocycles. The molecule has 1 saturated heterocycles. The molecule has 230 valence electrons. The topological polar surface area (TPSA) is 141 Å². The van der Waals surface area contributed by atoms with Gasteiger partial charge in [0.2, 0.25) is 5.91 Å². The van der Waals surface area contributed by atoms with E-state index in [2.05, 4.69) is 22.1 Å². The van der Waals surface area contributed by atoms with Gasteiger partial charge in [0.25, 0.3) is 10.1 Å². The van der Waals surface area contributed by atoms with Crippen LogP contribution in [0.2, 0.25) is 5.15 Å².